The minimum Gasteiger partial charge on any atom is -0.477 e. The van der Waals surface area contributed by atoms with E-state index in [1.54, 1.807) is 13.0 Å². The molecule has 2 rings (SSSR count). The minimum atomic E-state index is -0.707. The molecule has 0 unspecified atom stereocenters. The first-order valence-electron chi connectivity index (χ1n) is 9.30. The highest BCUT2D eigenvalue weighted by molar-refractivity contribution is 5.67. The first-order chi connectivity index (χ1) is 13.7. The molecule has 0 saturated carbocycles. The molecule has 0 amide bonds. The molecule has 29 heavy (non-hydrogen) atoms. The minimum absolute atomic E-state index is 0.0231. The number of hydrogen-bond acceptors (Lipinski definition) is 7. The Bertz CT molecular complexity index is 846. The van der Waals surface area contributed by atoms with Gasteiger partial charge in [-0.1, -0.05) is 18.2 Å². The zero-order valence-corrected chi connectivity index (χ0v) is 17.2. The molecule has 2 aromatic rings. The molecule has 156 valence electrons. The van der Waals surface area contributed by atoms with Crippen LogP contribution >= 0.6 is 0 Å². The molecule has 0 spiro atoms. The summed E-state index contributed by atoms with van der Waals surface area (Å²) in [5.41, 5.74) is 2.80. The number of esters is 2. The van der Waals surface area contributed by atoms with Crippen LogP contribution in [0.4, 0.5) is 0 Å². The Labute approximate surface area is 170 Å². The van der Waals surface area contributed by atoms with Crippen LogP contribution in [0.15, 0.2) is 36.4 Å². The monoisotopic (exact) mass is 401 g/mol. The van der Waals surface area contributed by atoms with Gasteiger partial charge in [0.25, 0.3) is 0 Å². The van der Waals surface area contributed by atoms with Gasteiger partial charge in [0.15, 0.2) is 0 Å². The fraction of sp³-hybridized carbons (Fsp3) is 0.409. The van der Waals surface area contributed by atoms with Gasteiger partial charge in [-0.3, -0.25) is 9.59 Å². The van der Waals surface area contributed by atoms with Crippen LogP contribution in [0.3, 0.4) is 0 Å². The molecule has 0 aliphatic heterocycles. The first-order valence-corrected chi connectivity index (χ1v) is 9.30. The number of hydrogen-bond donors (Lipinski definition) is 1. The van der Waals surface area contributed by atoms with Crippen LogP contribution in [0.2, 0.25) is 0 Å². The molecule has 1 aromatic heterocycles. The predicted molar refractivity (Wildman–Crippen MR) is 107 cm³/mol. The van der Waals surface area contributed by atoms with Crippen LogP contribution in [0.1, 0.15) is 32.0 Å². The maximum absolute atomic E-state index is 11.2. The summed E-state index contributed by atoms with van der Waals surface area (Å²) in [7, 11) is 0. The number of rotatable bonds is 9. The molecule has 0 aliphatic carbocycles. The van der Waals surface area contributed by atoms with Crippen molar-refractivity contribution < 1.29 is 28.9 Å². The van der Waals surface area contributed by atoms with Crippen LogP contribution in [-0.2, 0) is 25.7 Å². The highest BCUT2D eigenvalue weighted by Gasteiger charge is 2.29. The fourth-order valence-corrected chi connectivity index (χ4v) is 2.69. The van der Waals surface area contributed by atoms with E-state index in [2.05, 4.69) is 4.98 Å². The van der Waals surface area contributed by atoms with E-state index >= 15 is 0 Å². The van der Waals surface area contributed by atoms with E-state index < -0.39 is 17.4 Å². The predicted octanol–water partition coefficient (Wildman–Crippen LogP) is 3.06. The van der Waals surface area contributed by atoms with Crippen molar-refractivity contribution in [1.29, 1.82) is 0 Å². The molecular weight excluding hydrogens is 374 g/mol. The van der Waals surface area contributed by atoms with Crippen molar-refractivity contribution in [2.45, 2.75) is 34.3 Å². The van der Waals surface area contributed by atoms with Crippen molar-refractivity contribution in [1.82, 2.24) is 4.98 Å². The third-order valence-electron chi connectivity index (χ3n) is 4.30. The third-order valence-corrected chi connectivity index (χ3v) is 4.30. The Morgan fingerprint density at radius 1 is 1.03 bits per heavy atom. The second-order valence-corrected chi connectivity index (χ2v) is 7.30. The molecule has 7 heteroatoms. The quantitative estimate of drug-likeness (QED) is 0.645. The standard InChI is InChI=1S/C22H27NO6/c1-15-20(19-7-5-6-18(10-19)11-24)8-9-21(23-15)29-14-22(4,12-27-16(2)25)13-28-17(3)26/h5-10,24H,11-14H2,1-4H3. The first kappa shape index (κ1) is 22.4. The van der Waals surface area contributed by atoms with Gasteiger partial charge in [0, 0.05) is 31.2 Å². The number of aromatic nitrogens is 1. The van der Waals surface area contributed by atoms with Crippen molar-refractivity contribution in [3.8, 4) is 17.0 Å². The fourth-order valence-electron chi connectivity index (χ4n) is 2.69. The van der Waals surface area contributed by atoms with Crippen LogP contribution < -0.4 is 4.74 Å². The zero-order chi connectivity index (χ0) is 21.4. The van der Waals surface area contributed by atoms with Gasteiger partial charge in [-0.15, -0.1) is 0 Å². The Balaban J connectivity index is 2.12. The Morgan fingerprint density at radius 3 is 2.24 bits per heavy atom. The van der Waals surface area contributed by atoms with Gasteiger partial charge in [0.1, 0.15) is 19.8 Å². The Kier molecular flexibility index (Phi) is 7.73. The highest BCUT2D eigenvalue weighted by Crippen LogP contribution is 2.26. The normalized spacial score (nSPS) is 11.1. The highest BCUT2D eigenvalue weighted by atomic mass is 16.6. The summed E-state index contributed by atoms with van der Waals surface area (Å²) in [5.74, 6) is -0.411. The smallest absolute Gasteiger partial charge is 0.302 e. The maximum atomic E-state index is 11.2. The topological polar surface area (TPSA) is 95.0 Å². The summed E-state index contributed by atoms with van der Waals surface area (Å²) in [5, 5.41) is 9.33. The summed E-state index contributed by atoms with van der Waals surface area (Å²) in [6, 6.07) is 11.3. The number of carbonyl (C=O) groups is 2. The largest absolute Gasteiger partial charge is 0.477 e. The van der Waals surface area contributed by atoms with Crippen LogP contribution in [0.25, 0.3) is 11.1 Å². The molecule has 0 saturated heterocycles. The molecule has 7 nitrogen and oxygen atoms in total. The summed E-state index contributed by atoms with van der Waals surface area (Å²) in [6.45, 7) is 6.57. The number of ether oxygens (including phenoxy) is 3. The number of nitrogens with zero attached hydrogens (tertiary/aromatic N) is 1. The van der Waals surface area contributed by atoms with Crippen LogP contribution in [-0.4, -0.2) is 41.8 Å². The van der Waals surface area contributed by atoms with Gasteiger partial charge in [-0.05, 0) is 37.1 Å². The van der Waals surface area contributed by atoms with Gasteiger partial charge in [0.2, 0.25) is 5.88 Å². The number of carbonyl (C=O) groups excluding carboxylic acids is 2. The van der Waals surface area contributed by atoms with Crippen molar-refractivity contribution >= 4 is 11.9 Å². The van der Waals surface area contributed by atoms with E-state index in [0.717, 1.165) is 22.4 Å². The van der Waals surface area contributed by atoms with Gasteiger partial charge in [-0.2, -0.15) is 0 Å². The molecular formula is C22H27NO6. The second kappa shape index (κ2) is 10.0. The summed E-state index contributed by atoms with van der Waals surface area (Å²) < 4.78 is 16.0. The molecule has 0 atom stereocenters. The molecule has 0 radical (unpaired) electrons. The van der Waals surface area contributed by atoms with Crippen LogP contribution in [0.5, 0.6) is 5.88 Å². The van der Waals surface area contributed by atoms with Gasteiger partial charge in [0.05, 0.1) is 12.0 Å². The molecule has 1 aromatic carbocycles. The number of pyridine rings is 1. The van der Waals surface area contributed by atoms with Crippen molar-refractivity contribution in [2.75, 3.05) is 19.8 Å². The average molecular weight is 401 g/mol. The maximum Gasteiger partial charge on any atom is 0.302 e. The van der Waals surface area contributed by atoms with Gasteiger partial charge >= 0.3 is 11.9 Å². The lowest BCUT2D eigenvalue weighted by Gasteiger charge is -2.28. The van der Waals surface area contributed by atoms with Crippen LogP contribution in [0, 0.1) is 12.3 Å². The van der Waals surface area contributed by atoms with Crippen molar-refractivity contribution in [2.24, 2.45) is 5.41 Å². The average Bonchev–Trinajstić information content (AvgIpc) is 2.69. The van der Waals surface area contributed by atoms with E-state index in [-0.39, 0.29) is 26.4 Å². The van der Waals surface area contributed by atoms with E-state index in [1.807, 2.05) is 37.3 Å². The van der Waals surface area contributed by atoms with Gasteiger partial charge < -0.3 is 19.3 Å². The Hall–Kier alpha value is -2.93. The number of aliphatic hydroxyl groups is 1. The molecule has 1 heterocycles. The molecule has 0 fully saturated rings. The number of aliphatic hydroxyl groups excluding tert-OH is 1. The van der Waals surface area contributed by atoms with E-state index in [9.17, 15) is 14.7 Å². The van der Waals surface area contributed by atoms with E-state index in [4.69, 9.17) is 14.2 Å². The molecule has 0 bridgehead atoms. The van der Waals surface area contributed by atoms with E-state index in [0.29, 0.717) is 5.88 Å². The number of aryl methyl sites for hydroxylation is 1. The lowest BCUT2D eigenvalue weighted by molar-refractivity contribution is -0.152. The lowest BCUT2D eigenvalue weighted by atomic mass is 9.94. The Morgan fingerprint density at radius 2 is 1.69 bits per heavy atom. The van der Waals surface area contributed by atoms with Crippen molar-refractivity contribution in [3.05, 3.63) is 47.7 Å². The summed E-state index contributed by atoms with van der Waals surface area (Å²) in [4.78, 5) is 26.8. The SMILES string of the molecule is CC(=O)OCC(C)(COC(C)=O)COc1ccc(-c2cccc(CO)c2)c(C)n1. The number of benzene rings is 1. The zero-order valence-electron chi connectivity index (χ0n) is 17.2. The molecule has 0 aliphatic rings. The lowest BCUT2D eigenvalue weighted by Crippen LogP contribution is -2.36. The third kappa shape index (κ3) is 6.87. The van der Waals surface area contributed by atoms with E-state index in [1.165, 1.54) is 13.8 Å². The van der Waals surface area contributed by atoms with Gasteiger partial charge in [-0.25, -0.2) is 4.98 Å². The van der Waals surface area contributed by atoms with Crippen molar-refractivity contribution in [3.63, 3.8) is 0 Å². The summed E-state index contributed by atoms with van der Waals surface area (Å²) in [6.07, 6.45) is 0. The molecule has 1 N–H and O–H groups in total. The second-order valence-electron chi connectivity index (χ2n) is 7.30. The summed E-state index contributed by atoms with van der Waals surface area (Å²) >= 11 is 0.